The van der Waals surface area contributed by atoms with E-state index >= 15 is 0 Å². The number of nitrogens with zero attached hydrogens (tertiary/aromatic N) is 1. The molecular formula is C18H24ClNO3. The highest BCUT2D eigenvalue weighted by atomic mass is 35.5. The third-order valence-electron chi connectivity index (χ3n) is 4.68. The molecular weight excluding hydrogens is 314 g/mol. The highest BCUT2D eigenvalue weighted by Crippen LogP contribution is 2.42. The summed E-state index contributed by atoms with van der Waals surface area (Å²) < 4.78 is 0. The average Bonchev–Trinajstić information content (AvgIpc) is 2.95. The minimum atomic E-state index is -0.819. The van der Waals surface area contributed by atoms with Crippen LogP contribution in [0.15, 0.2) is 24.3 Å². The smallest absolute Gasteiger partial charge is 0.303 e. The number of rotatable bonds is 7. The van der Waals surface area contributed by atoms with Gasteiger partial charge >= 0.3 is 5.97 Å². The van der Waals surface area contributed by atoms with Crippen molar-refractivity contribution in [1.82, 2.24) is 4.90 Å². The summed E-state index contributed by atoms with van der Waals surface area (Å²) in [6.45, 7) is 0.489. The van der Waals surface area contributed by atoms with Crippen molar-refractivity contribution in [2.45, 2.75) is 44.9 Å². The summed E-state index contributed by atoms with van der Waals surface area (Å²) in [5.41, 5.74) is 0.731. The lowest BCUT2D eigenvalue weighted by atomic mass is 9.78. The largest absolute Gasteiger partial charge is 0.481 e. The van der Waals surface area contributed by atoms with E-state index < -0.39 is 5.97 Å². The van der Waals surface area contributed by atoms with Crippen molar-refractivity contribution in [1.29, 1.82) is 0 Å². The summed E-state index contributed by atoms with van der Waals surface area (Å²) in [6.07, 6.45) is 5.20. The minimum absolute atomic E-state index is 0.0961. The summed E-state index contributed by atoms with van der Waals surface area (Å²) in [6, 6.07) is 7.70. The number of carboxylic acid groups (broad SMARTS) is 1. The number of carboxylic acids is 1. The highest BCUT2D eigenvalue weighted by Gasteiger charge is 2.42. The lowest BCUT2D eigenvalue weighted by Crippen LogP contribution is -2.42. The molecule has 0 radical (unpaired) electrons. The Labute approximate surface area is 142 Å². The Morgan fingerprint density at radius 1 is 1.30 bits per heavy atom. The van der Waals surface area contributed by atoms with Crippen LogP contribution in [-0.2, 0) is 16.0 Å². The van der Waals surface area contributed by atoms with Crippen LogP contribution in [0.5, 0.6) is 0 Å². The minimum Gasteiger partial charge on any atom is -0.481 e. The number of carbonyl (C=O) groups is 2. The highest BCUT2D eigenvalue weighted by molar-refractivity contribution is 6.30. The molecule has 5 heteroatoms. The first-order valence-corrected chi connectivity index (χ1v) is 8.52. The number of hydrogen-bond acceptors (Lipinski definition) is 2. The zero-order chi connectivity index (χ0) is 16.9. The Kier molecular flexibility index (Phi) is 6.05. The number of carbonyl (C=O) groups excluding carboxylic acids is 1. The van der Waals surface area contributed by atoms with Gasteiger partial charge in [0.25, 0.3) is 0 Å². The maximum atomic E-state index is 13.0. The maximum Gasteiger partial charge on any atom is 0.303 e. The topological polar surface area (TPSA) is 57.6 Å². The number of amides is 1. The van der Waals surface area contributed by atoms with Crippen molar-refractivity contribution >= 4 is 23.5 Å². The van der Waals surface area contributed by atoms with Crippen molar-refractivity contribution in [2.24, 2.45) is 5.41 Å². The number of aliphatic carboxylic acids is 1. The van der Waals surface area contributed by atoms with E-state index in [4.69, 9.17) is 16.7 Å². The normalized spacial score (nSPS) is 16.3. The van der Waals surface area contributed by atoms with Gasteiger partial charge in [0.05, 0.1) is 5.41 Å². The van der Waals surface area contributed by atoms with E-state index in [0.29, 0.717) is 24.4 Å². The fraction of sp³-hybridized carbons (Fsp3) is 0.556. The number of hydrogen-bond donors (Lipinski definition) is 1. The maximum absolute atomic E-state index is 13.0. The molecule has 1 N–H and O–H groups in total. The summed E-state index contributed by atoms with van der Waals surface area (Å²) in [7, 11) is 1.78. The summed E-state index contributed by atoms with van der Waals surface area (Å²) in [4.78, 5) is 25.3. The fourth-order valence-corrected chi connectivity index (χ4v) is 3.74. The summed E-state index contributed by atoms with van der Waals surface area (Å²) in [5.74, 6) is -0.680. The first kappa shape index (κ1) is 17.8. The molecule has 0 saturated heterocycles. The van der Waals surface area contributed by atoms with Crippen molar-refractivity contribution in [3.8, 4) is 0 Å². The van der Waals surface area contributed by atoms with Gasteiger partial charge in [-0.2, -0.15) is 0 Å². The van der Waals surface area contributed by atoms with Gasteiger partial charge in [0.15, 0.2) is 0 Å². The van der Waals surface area contributed by atoms with Crippen LogP contribution in [0.2, 0.25) is 5.02 Å². The van der Waals surface area contributed by atoms with Crippen LogP contribution >= 0.6 is 11.6 Å². The monoisotopic (exact) mass is 337 g/mol. The van der Waals surface area contributed by atoms with Gasteiger partial charge in [-0.15, -0.1) is 0 Å². The van der Waals surface area contributed by atoms with E-state index in [2.05, 4.69) is 0 Å². The van der Waals surface area contributed by atoms with E-state index in [-0.39, 0.29) is 17.7 Å². The van der Waals surface area contributed by atoms with Gasteiger partial charge in [-0.05, 0) is 43.4 Å². The Balaban J connectivity index is 2.07. The number of benzene rings is 1. The molecule has 1 aromatic rings. The molecule has 1 fully saturated rings. The van der Waals surface area contributed by atoms with Crippen LogP contribution in [0.4, 0.5) is 0 Å². The molecule has 23 heavy (non-hydrogen) atoms. The van der Waals surface area contributed by atoms with Gasteiger partial charge in [0.2, 0.25) is 5.91 Å². The Morgan fingerprint density at radius 3 is 2.61 bits per heavy atom. The molecule has 126 valence electrons. The molecule has 0 bridgehead atoms. The quantitative estimate of drug-likeness (QED) is 0.824. The molecule has 1 aromatic carbocycles. The van der Waals surface area contributed by atoms with Gasteiger partial charge in [0, 0.05) is 25.0 Å². The van der Waals surface area contributed by atoms with E-state index in [1.54, 1.807) is 11.9 Å². The molecule has 1 aliphatic carbocycles. The standard InChI is InChI=1S/C18H24ClNO3/c1-20(11-5-8-16(21)22)17(23)18(9-2-3-10-18)13-14-6-4-7-15(19)12-14/h4,6-7,12H,2-3,5,8-11,13H2,1H3,(H,21,22). The van der Waals surface area contributed by atoms with Crippen molar-refractivity contribution in [3.63, 3.8) is 0 Å². The van der Waals surface area contributed by atoms with Crippen LogP contribution in [0, 0.1) is 5.41 Å². The van der Waals surface area contributed by atoms with Gasteiger partial charge < -0.3 is 10.0 Å². The third kappa shape index (κ3) is 4.71. The SMILES string of the molecule is CN(CCCC(=O)O)C(=O)C1(Cc2cccc(Cl)c2)CCCC1. The first-order chi connectivity index (χ1) is 10.9. The molecule has 0 aliphatic heterocycles. The molecule has 0 atom stereocenters. The number of halogens is 1. The fourth-order valence-electron chi connectivity index (χ4n) is 3.53. The second-order valence-electron chi connectivity index (χ2n) is 6.52. The predicted molar refractivity (Wildman–Crippen MR) is 90.6 cm³/mol. The average molecular weight is 338 g/mol. The predicted octanol–water partition coefficient (Wildman–Crippen LogP) is 3.77. The Morgan fingerprint density at radius 2 is 2.00 bits per heavy atom. The van der Waals surface area contributed by atoms with Crippen LogP contribution in [0.3, 0.4) is 0 Å². The molecule has 1 aliphatic rings. The van der Waals surface area contributed by atoms with E-state index in [9.17, 15) is 9.59 Å². The third-order valence-corrected chi connectivity index (χ3v) is 4.91. The molecule has 0 aromatic heterocycles. The van der Waals surface area contributed by atoms with Gasteiger partial charge in [-0.1, -0.05) is 36.6 Å². The zero-order valence-corrected chi connectivity index (χ0v) is 14.3. The molecule has 1 amide bonds. The van der Waals surface area contributed by atoms with Gasteiger partial charge in [-0.3, -0.25) is 9.59 Å². The second-order valence-corrected chi connectivity index (χ2v) is 6.95. The van der Waals surface area contributed by atoms with Crippen LogP contribution in [0.25, 0.3) is 0 Å². The van der Waals surface area contributed by atoms with Crippen LogP contribution in [0.1, 0.15) is 44.1 Å². The van der Waals surface area contributed by atoms with E-state index in [0.717, 1.165) is 31.2 Å². The molecule has 0 heterocycles. The molecule has 0 unspecified atom stereocenters. The molecule has 1 saturated carbocycles. The first-order valence-electron chi connectivity index (χ1n) is 8.15. The summed E-state index contributed by atoms with van der Waals surface area (Å²) >= 11 is 6.07. The lowest BCUT2D eigenvalue weighted by molar-refractivity contribution is -0.142. The zero-order valence-electron chi connectivity index (χ0n) is 13.6. The van der Waals surface area contributed by atoms with Crippen molar-refractivity contribution < 1.29 is 14.7 Å². The Bertz CT molecular complexity index is 567. The second kappa shape index (κ2) is 7.82. The van der Waals surface area contributed by atoms with E-state index in [1.807, 2.05) is 24.3 Å². The van der Waals surface area contributed by atoms with Gasteiger partial charge in [0.1, 0.15) is 0 Å². The molecule has 2 rings (SSSR count). The van der Waals surface area contributed by atoms with E-state index in [1.165, 1.54) is 0 Å². The van der Waals surface area contributed by atoms with Crippen molar-refractivity contribution in [2.75, 3.05) is 13.6 Å². The molecule has 0 spiro atoms. The summed E-state index contributed by atoms with van der Waals surface area (Å²) in [5, 5.41) is 9.42. The van der Waals surface area contributed by atoms with Crippen molar-refractivity contribution in [3.05, 3.63) is 34.9 Å². The van der Waals surface area contributed by atoms with Crippen LogP contribution in [-0.4, -0.2) is 35.5 Å². The Hall–Kier alpha value is -1.55. The van der Waals surface area contributed by atoms with Gasteiger partial charge in [-0.25, -0.2) is 0 Å². The van der Waals surface area contributed by atoms with Crippen LogP contribution < -0.4 is 0 Å². The lowest BCUT2D eigenvalue weighted by Gasteiger charge is -2.32. The molecule has 4 nitrogen and oxygen atoms in total.